The van der Waals surface area contributed by atoms with Crippen LogP contribution < -0.4 is 5.32 Å². The Morgan fingerprint density at radius 2 is 1.93 bits per heavy atom. The number of anilines is 1. The number of rotatable bonds is 7. The van der Waals surface area contributed by atoms with Gasteiger partial charge in [0.25, 0.3) is 0 Å². The van der Waals surface area contributed by atoms with Gasteiger partial charge in [0.2, 0.25) is 5.91 Å². The fraction of sp³-hybridized carbons (Fsp3) is 0.318. The number of carbonyl (C=O) groups excluding carboxylic acids is 1. The maximum Gasteiger partial charge on any atom is 0.234 e. The number of aromatic nitrogens is 3. The van der Waals surface area contributed by atoms with Gasteiger partial charge in [0.15, 0.2) is 5.16 Å². The molecule has 1 amide bonds. The van der Waals surface area contributed by atoms with Gasteiger partial charge in [-0.25, -0.2) is 0 Å². The number of hydrogen-bond donors (Lipinski definition) is 1. The average molecular weight is 461 g/mol. The maximum absolute atomic E-state index is 12.4. The summed E-state index contributed by atoms with van der Waals surface area (Å²) in [6.45, 7) is 4.94. The number of nitrogens with one attached hydrogen (secondary N) is 1. The average Bonchev–Trinajstić information content (AvgIpc) is 3.41. The van der Waals surface area contributed by atoms with E-state index in [4.69, 9.17) is 23.2 Å². The van der Waals surface area contributed by atoms with E-state index in [9.17, 15) is 4.79 Å². The number of hydrogen-bond acceptors (Lipinski definition) is 4. The Labute approximate surface area is 190 Å². The highest BCUT2D eigenvalue weighted by molar-refractivity contribution is 7.99. The zero-order chi connectivity index (χ0) is 21.3. The van der Waals surface area contributed by atoms with Crippen molar-refractivity contribution < 1.29 is 4.79 Å². The van der Waals surface area contributed by atoms with E-state index in [-0.39, 0.29) is 11.7 Å². The van der Waals surface area contributed by atoms with Crippen LogP contribution in [-0.2, 0) is 11.3 Å². The summed E-state index contributed by atoms with van der Waals surface area (Å²) in [5.41, 5.74) is 3.12. The van der Waals surface area contributed by atoms with Crippen LogP contribution in [0.5, 0.6) is 0 Å². The quantitative estimate of drug-likeness (QED) is 0.444. The van der Waals surface area contributed by atoms with Crippen LogP contribution >= 0.6 is 35.0 Å². The number of amides is 1. The molecule has 2 aromatic carbocycles. The number of benzene rings is 2. The largest absolute Gasteiger partial charge is 0.324 e. The molecule has 1 aliphatic carbocycles. The monoisotopic (exact) mass is 460 g/mol. The first-order valence-electron chi connectivity index (χ1n) is 9.83. The van der Waals surface area contributed by atoms with Crippen molar-refractivity contribution in [2.75, 3.05) is 11.1 Å². The van der Waals surface area contributed by atoms with Crippen LogP contribution in [0.1, 0.15) is 42.1 Å². The third kappa shape index (κ3) is 4.66. The van der Waals surface area contributed by atoms with Gasteiger partial charge in [-0.15, -0.1) is 10.2 Å². The molecular weight excluding hydrogens is 439 g/mol. The van der Waals surface area contributed by atoms with E-state index < -0.39 is 0 Å². The number of halogens is 2. The summed E-state index contributed by atoms with van der Waals surface area (Å²) in [4.78, 5) is 12.4. The Kier molecular flexibility index (Phi) is 6.37. The maximum atomic E-state index is 12.4. The van der Waals surface area contributed by atoms with Crippen molar-refractivity contribution in [2.45, 2.75) is 43.8 Å². The van der Waals surface area contributed by atoms with Gasteiger partial charge in [-0.05, 0) is 49.9 Å². The predicted molar refractivity (Wildman–Crippen MR) is 123 cm³/mol. The molecule has 1 aromatic heterocycles. The van der Waals surface area contributed by atoms with Gasteiger partial charge in [0, 0.05) is 17.5 Å². The summed E-state index contributed by atoms with van der Waals surface area (Å²) in [6.07, 6.45) is 1.08. The van der Waals surface area contributed by atoms with Gasteiger partial charge in [0.1, 0.15) is 5.82 Å². The lowest BCUT2D eigenvalue weighted by Gasteiger charge is -2.09. The molecule has 5 nitrogen and oxygen atoms in total. The Morgan fingerprint density at radius 3 is 2.67 bits per heavy atom. The lowest BCUT2D eigenvalue weighted by atomic mass is 10.1. The molecular formula is C22H22Cl2N4OS. The van der Waals surface area contributed by atoms with Gasteiger partial charge in [-0.3, -0.25) is 4.79 Å². The Bertz CT molecular complexity index is 1070. The van der Waals surface area contributed by atoms with Crippen LogP contribution in [0.25, 0.3) is 0 Å². The first-order valence-corrected chi connectivity index (χ1v) is 11.6. The molecule has 1 heterocycles. The molecule has 30 heavy (non-hydrogen) atoms. The second-order valence-corrected chi connectivity index (χ2v) is 9.19. The summed E-state index contributed by atoms with van der Waals surface area (Å²) >= 11 is 13.5. The van der Waals surface area contributed by atoms with Crippen molar-refractivity contribution in [1.29, 1.82) is 0 Å². The van der Waals surface area contributed by atoms with Crippen molar-refractivity contribution in [3.05, 3.63) is 69.5 Å². The Morgan fingerprint density at radius 1 is 1.17 bits per heavy atom. The minimum atomic E-state index is -0.166. The topological polar surface area (TPSA) is 59.8 Å². The number of aryl methyl sites for hydroxylation is 1. The molecule has 1 N–H and O–H groups in total. The van der Waals surface area contributed by atoms with Crippen LogP contribution in [0, 0.1) is 6.92 Å². The fourth-order valence-corrected chi connectivity index (χ4v) is 4.70. The molecule has 0 aliphatic heterocycles. The normalized spacial score (nSPS) is 17.7. The molecule has 156 valence electrons. The smallest absolute Gasteiger partial charge is 0.234 e. The van der Waals surface area contributed by atoms with Crippen molar-refractivity contribution in [1.82, 2.24) is 14.8 Å². The van der Waals surface area contributed by atoms with Gasteiger partial charge in [-0.2, -0.15) is 0 Å². The van der Waals surface area contributed by atoms with E-state index in [0.29, 0.717) is 27.6 Å². The van der Waals surface area contributed by atoms with Gasteiger partial charge < -0.3 is 9.88 Å². The lowest BCUT2D eigenvalue weighted by Crippen LogP contribution is -2.15. The second-order valence-electron chi connectivity index (χ2n) is 7.41. The summed E-state index contributed by atoms with van der Waals surface area (Å²) in [5.74, 6) is 1.93. The molecule has 8 heteroatoms. The van der Waals surface area contributed by atoms with Crippen LogP contribution in [0.3, 0.4) is 0 Å². The molecule has 1 aliphatic rings. The number of nitrogens with zero attached hydrogens (tertiary/aromatic N) is 3. The van der Waals surface area contributed by atoms with E-state index in [1.54, 1.807) is 18.2 Å². The highest BCUT2D eigenvalue weighted by atomic mass is 35.5. The molecule has 4 rings (SSSR count). The van der Waals surface area contributed by atoms with Crippen LogP contribution in [0.4, 0.5) is 5.69 Å². The van der Waals surface area contributed by atoms with Crippen molar-refractivity contribution >= 4 is 46.6 Å². The zero-order valence-electron chi connectivity index (χ0n) is 16.7. The minimum Gasteiger partial charge on any atom is -0.324 e. The molecule has 1 fully saturated rings. The molecule has 0 radical (unpaired) electrons. The lowest BCUT2D eigenvalue weighted by molar-refractivity contribution is -0.113. The van der Waals surface area contributed by atoms with Crippen molar-refractivity contribution in [2.24, 2.45) is 0 Å². The zero-order valence-corrected chi connectivity index (χ0v) is 19.1. The number of carbonyl (C=O) groups is 1. The second kappa shape index (κ2) is 9.00. The van der Waals surface area contributed by atoms with E-state index in [1.807, 2.05) is 0 Å². The predicted octanol–water partition coefficient (Wildman–Crippen LogP) is 5.92. The molecule has 2 atom stereocenters. The standard InChI is InChI=1S/C22H22Cl2N4OS/c1-3-28-21(17-11-16(17)14-6-4-13(2)5-7-14)26-27-22(28)30-12-20(29)25-19-10-15(23)8-9-18(19)24/h4-10,16-17H,3,11-12H2,1-2H3,(H,25,29)/t16-,17-/m1/s1. The van der Waals surface area contributed by atoms with E-state index >= 15 is 0 Å². The molecule has 1 saturated carbocycles. The third-order valence-electron chi connectivity index (χ3n) is 5.22. The highest BCUT2D eigenvalue weighted by Crippen LogP contribution is 2.54. The molecule has 0 bridgehead atoms. The molecule has 0 saturated heterocycles. The van der Waals surface area contributed by atoms with Crippen molar-refractivity contribution in [3.63, 3.8) is 0 Å². The van der Waals surface area contributed by atoms with Gasteiger partial charge in [0.05, 0.1) is 16.5 Å². The summed E-state index contributed by atoms with van der Waals surface area (Å²) in [7, 11) is 0. The van der Waals surface area contributed by atoms with Crippen LogP contribution in [-0.4, -0.2) is 26.4 Å². The SMILES string of the molecule is CCn1c(SCC(=O)Nc2cc(Cl)ccc2Cl)nnc1[C@@H]1C[C@@H]1c1ccc(C)cc1. The fourth-order valence-electron chi connectivity index (χ4n) is 3.55. The Hall–Kier alpha value is -2.02. The summed E-state index contributed by atoms with van der Waals surface area (Å²) in [5, 5.41) is 13.3. The van der Waals surface area contributed by atoms with E-state index in [1.165, 1.54) is 22.9 Å². The minimum absolute atomic E-state index is 0.166. The first kappa shape index (κ1) is 21.2. The van der Waals surface area contributed by atoms with E-state index in [0.717, 1.165) is 23.9 Å². The van der Waals surface area contributed by atoms with Crippen molar-refractivity contribution in [3.8, 4) is 0 Å². The van der Waals surface area contributed by atoms with Gasteiger partial charge >= 0.3 is 0 Å². The molecule has 0 spiro atoms. The Balaban J connectivity index is 1.40. The number of thioether (sulfide) groups is 1. The van der Waals surface area contributed by atoms with Crippen LogP contribution in [0.2, 0.25) is 10.0 Å². The van der Waals surface area contributed by atoms with E-state index in [2.05, 4.69) is 58.2 Å². The summed E-state index contributed by atoms with van der Waals surface area (Å²) in [6, 6.07) is 13.7. The third-order valence-corrected chi connectivity index (χ3v) is 6.76. The van der Waals surface area contributed by atoms with Gasteiger partial charge in [-0.1, -0.05) is 64.8 Å². The molecule has 3 aromatic rings. The highest BCUT2D eigenvalue weighted by Gasteiger charge is 2.43. The van der Waals surface area contributed by atoms with Crippen LogP contribution in [0.15, 0.2) is 47.6 Å². The first-order chi connectivity index (χ1) is 14.5. The summed E-state index contributed by atoms with van der Waals surface area (Å²) < 4.78 is 2.11. The molecule has 0 unspecified atom stereocenters.